The van der Waals surface area contributed by atoms with Gasteiger partial charge in [-0.3, -0.25) is 4.90 Å². The van der Waals surface area contributed by atoms with E-state index in [1.807, 2.05) is 30.3 Å². The van der Waals surface area contributed by atoms with Crippen LogP contribution in [-0.4, -0.2) is 50.3 Å². The SMILES string of the molecule is O=C(N/C=C/c1cccc(Br)c1)NCCN1CCOCC1. The Morgan fingerprint density at radius 1 is 1.38 bits per heavy atom. The zero-order chi connectivity index (χ0) is 14.9. The van der Waals surface area contributed by atoms with Crippen molar-refractivity contribution >= 4 is 28.0 Å². The third-order valence-corrected chi connectivity index (χ3v) is 3.65. The molecule has 0 radical (unpaired) electrons. The van der Waals surface area contributed by atoms with E-state index in [0.29, 0.717) is 6.54 Å². The Bertz CT molecular complexity index is 488. The van der Waals surface area contributed by atoms with Crippen LogP contribution in [0.2, 0.25) is 0 Å². The minimum atomic E-state index is -0.186. The van der Waals surface area contributed by atoms with Crippen LogP contribution in [0.1, 0.15) is 5.56 Å². The highest BCUT2D eigenvalue weighted by Gasteiger charge is 2.09. The topological polar surface area (TPSA) is 53.6 Å². The summed E-state index contributed by atoms with van der Waals surface area (Å²) in [5.41, 5.74) is 1.03. The third-order valence-electron chi connectivity index (χ3n) is 3.16. The lowest BCUT2D eigenvalue weighted by molar-refractivity contribution is 0.0387. The molecule has 1 aromatic rings. The van der Waals surface area contributed by atoms with Crippen molar-refractivity contribution < 1.29 is 9.53 Å². The first-order chi connectivity index (χ1) is 10.2. The molecule has 0 spiro atoms. The summed E-state index contributed by atoms with van der Waals surface area (Å²) in [7, 11) is 0. The number of morpholine rings is 1. The smallest absolute Gasteiger partial charge is 0.318 e. The van der Waals surface area contributed by atoms with Gasteiger partial charge in [0.15, 0.2) is 0 Å². The first-order valence-corrected chi connectivity index (χ1v) is 7.80. The normalized spacial score (nSPS) is 16.0. The lowest BCUT2D eigenvalue weighted by Gasteiger charge is -2.26. The first-order valence-electron chi connectivity index (χ1n) is 7.00. The molecule has 2 N–H and O–H groups in total. The molecule has 0 saturated carbocycles. The van der Waals surface area contributed by atoms with E-state index in [4.69, 9.17) is 4.74 Å². The Kier molecular flexibility index (Phi) is 6.72. The van der Waals surface area contributed by atoms with Crippen molar-refractivity contribution in [3.8, 4) is 0 Å². The second-order valence-corrected chi connectivity index (χ2v) is 5.66. The van der Waals surface area contributed by atoms with E-state index in [9.17, 15) is 4.79 Å². The van der Waals surface area contributed by atoms with Gasteiger partial charge in [-0.15, -0.1) is 0 Å². The Morgan fingerprint density at radius 2 is 2.19 bits per heavy atom. The standard InChI is InChI=1S/C15H20BrN3O2/c16-14-3-1-2-13(12-14)4-5-17-15(20)18-6-7-19-8-10-21-11-9-19/h1-5,12H,6-11H2,(H2,17,18,20)/b5-4+. The van der Waals surface area contributed by atoms with Crippen LogP contribution < -0.4 is 10.6 Å². The zero-order valence-electron chi connectivity index (χ0n) is 11.8. The molecule has 114 valence electrons. The molecule has 6 heteroatoms. The van der Waals surface area contributed by atoms with Crippen LogP contribution >= 0.6 is 15.9 Å². The molecule has 2 amide bonds. The largest absolute Gasteiger partial charge is 0.379 e. The number of ether oxygens (including phenoxy) is 1. The summed E-state index contributed by atoms with van der Waals surface area (Å²) in [4.78, 5) is 13.9. The van der Waals surface area contributed by atoms with Gasteiger partial charge in [-0.05, 0) is 23.8 Å². The summed E-state index contributed by atoms with van der Waals surface area (Å²) in [5.74, 6) is 0. The lowest BCUT2D eigenvalue weighted by atomic mass is 10.2. The number of carbonyl (C=O) groups excluding carboxylic acids is 1. The Labute approximate surface area is 133 Å². The van der Waals surface area contributed by atoms with Gasteiger partial charge in [0.2, 0.25) is 0 Å². The number of amides is 2. The van der Waals surface area contributed by atoms with E-state index in [1.54, 1.807) is 6.20 Å². The van der Waals surface area contributed by atoms with Crippen molar-refractivity contribution in [2.45, 2.75) is 0 Å². The third kappa shape index (κ3) is 6.29. The summed E-state index contributed by atoms with van der Waals surface area (Å²) < 4.78 is 6.29. The van der Waals surface area contributed by atoms with Crippen LogP contribution in [0.4, 0.5) is 4.79 Å². The van der Waals surface area contributed by atoms with Crippen molar-refractivity contribution in [3.63, 3.8) is 0 Å². The maximum absolute atomic E-state index is 11.6. The van der Waals surface area contributed by atoms with E-state index in [1.165, 1.54) is 0 Å². The average Bonchev–Trinajstić information content (AvgIpc) is 2.48. The summed E-state index contributed by atoms with van der Waals surface area (Å²) >= 11 is 3.41. The van der Waals surface area contributed by atoms with E-state index in [2.05, 4.69) is 31.5 Å². The van der Waals surface area contributed by atoms with E-state index >= 15 is 0 Å². The molecule has 0 aliphatic carbocycles. The second-order valence-electron chi connectivity index (χ2n) is 4.74. The fourth-order valence-corrected chi connectivity index (χ4v) is 2.44. The Hall–Kier alpha value is -1.37. The predicted molar refractivity (Wildman–Crippen MR) is 87.0 cm³/mol. The van der Waals surface area contributed by atoms with Crippen molar-refractivity contribution in [1.29, 1.82) is 0 Å². The molecule has 5 nitrogen and oxygen atoms in total. The number of nitrogens with one attached hydrogen (secondary N) is 2. The van der Waals surface area contributed by atoms with Gasteiger partial charge in [0.25, 0.3) is 0 Å². The summed E-state index contributed by atoms with van der Waals surface area (Å²) in [6, 6.07) is 7.68. The van der Waals surface area contributed by atoms with Gasteiger partial charge in [-0.25, -0.2) is 4.79 Å². The minimum Gasteiger partial charge on any atom is -0.379 e. The summed E-state index contributed by atoms with van der Waals surface area (Å²) in [6.45, 7) is 4.92. The van der Waals surface area contributed by atoms with Crippen LogP contribution in [0.25, 0.3) is 6.08 Å². The summed E-state index contributed by atoms with van der Waals surface area (Å²) in [6.07, 6.45) is 3.50. The maximum atomic E-state index is 11.6. The lowest BCUT2D eigenvalue weighted by Crippen LogP contribution is -2.42. The molecule has 2 rings (SSSR count). The predicted octanol–water partition coefficient (Wildman–Crippen LogP) is 2.05. The molecule has 1 heterocycles. The quantitative estimate of drug-likeness (QED) is 0.851. The van der Waals surface area contributed by atoms with Crippen LogP contribution in [0, 0.1) is 0 Å². The second kappa shape index (κ2) is 8.81. The molecule has 1 aliphatic rings. The molecule has 0 bridgehead atoms. The van der Waals surface area contributed by atoms with Gasteiger partial charge >= 0.3 is 6.03 Å². The average molecular weight is 354 g/mol. The van der Waals surface area contributed by atoms with Crippen molar-refractivity contribution in [2.24, 2.45) is 0 Å². The van der Waals surface area contributed by atoms with Crippen molar-refractivity contribution in [3.05, 3.63) is 40.5 Å². The van der Waals surface area contributed by atoms with E-state index in [0.717, 1.165) is 42.9 Å². The van der Waals surface area contributed by atoms with Crippen molar-refractivity contribution in [2.75, 3.05) is 39.4 Å². The Morgan fingerprint density at radius 3 is 2.95 bits per heavy atom. The molecule has 1 fully saturated rings. The molecule has 0 atom stereocenters. The number of carbonyl (C=O) groups is 1. The van der Waals surface area contributed by atoms with Crippen LogP contribution in [0.3, 0.4) is 0 Å². The highest BCUT2D eigenvalue weighted by atomic mass is 79.9. The number of benzene rings is 1. The molecular formula is C15H20BrN3O2. The zero-order valence-corrected chi connectivity index (χ0v) is 13.4. The number of hydrogen-bond acceptors (Lipinski definition) is 3. The van der Waals surface area contributed by atoms with Gasteiger partial charge in [0.05, 0.1) is 13.2 Å². The van der Waals surface area contributed by atoms with Crippen molar-refractivity contribution in [1.82, 2.24) is 15.5 Å². The van der Waals surface area contributed by atoms with E-state index in [-0.39, 0.29) is 6.03 Å². The highest BCUT2D eigenvalue weighted by Crippen LogP contribution is 2.12. The summed E-state index contributed by atoms with van der Waals surface area (Å²) in [5, 5.41) is 5.53. The maximum Gasteiger partial charge on any atom is 0.318 e. The minimum absolute atomic E-state index is 0.186. The molecule has 1 saturated heterocycles. The Balaban J connectivity index is 1.63. The number of hydrogen-bond donors (Lipinski definition) is 2. The van der Waals surface area contributed by atoms with Gasteiger partial charge < -0.3 is 15.4 Å². The van der Waals surface area contributed by atoms with E-state index < -0.39 is 0 Å². The van der Waals surface area contributed by atoms with Crippen LogP contribution in [-0.2, 0) is 4.74 Å². The molecule has 1 aromatic carbocycles. The number of nitrogens with zero attached hydrogens (tertiary/aromatic N) is 1. The fourth-order valence-electron chi connectivity index (χ4n) is 2.03. The van der Waals surface area contributed by atoms with Crippen LogP contribution in [0.15, 0.2) is 34.9 Å². The molecule has 21 heavy (non-hydrogen) atoms. The molecule has 1 aliphatic heterocycles. The van der Waals surface area contributed by atoms with Gasteiger partial charge in [-0.1, -0.05) is 28.1 Å². The molecule has 0 unspecified atom stereocenters. The first kappa shape index (κ1) is 16.0. The monoisotopic (exact) mass is 353 g/mol. The molecule has 0 aromatic heterocycles. The van der Waals surface area contributed by atoms with Gasteiger partial charge in [0.1, 0.15) is 0 Å². The fraction of sp³-hybridized carbons (Fsp3) is 0.400. The van der Waals surface area contributed by atoms with Gasteiger partial charge in [-0.2, -0.15) is 0 Å². The van der Waals surface area contributed by atoms with Gasteiger partial charge in [0, 0.05) is 36.9 Å². The van der Waals surface area contributed by atoms with Crippen LogP contribution in [0.5, 0.6) is 0 Å². The molecular weight excluding hydrogens is 334 g/mol. The highest BCUT2D eigenvalue weighted by molar-refractivity contribution is 9.10. The number of urea groups is 1. The number of halogens is 1. The number of rotatable bonds is 5.